The SMILES string of the molecule is O=C(Nc1ccccc1)c1ccnc(Nc2cc(Cl)ccc2Cl)n1. The van der Waals surface area contributed by atoms with Crippen LogP contribution < -0.4 is 10.6 Å². The van der Waals surface area contributed by atoms with Crippen LogP contribution in [0.1, 0.15) is 10.5 Å². The average molecular weight is 359 g/mol. The molecule has 24 heavy (non-hydrogen) atoms. The Morgan fingerprint density at radius 2 is 1.79 bits per heavy atom. The van der Waals surface area contributed by atoms with E-state index in [9.17, 15) is 4.79 Å². The molecule has 0 bridgehead atoms. The molecule has 1 heterocycles. The van der Waals surface area contributed by atoms with Gasteiger partial charge >= 0.3 is 0 Å². The molecule has 2 N–H and O–H groups in total. The Bertz CT molecular complexity index is 871. The van der Waals surface area contributed by atoms with E-state index in [0.717, 1.165) is 0 Å². The maximum Gasteiger partial charge on any atom is 0.274 e. The van der Waals surface area contributed by atoms with Gasteiger partial charge in [-0.2, -0.15) is 0 Å². The number of para-hydroxylation sites is 1. The van der Waals surface area contributed by atoms with E-state index in [1.54, 1.807) is 30.3 Å². The van der Waals surface area contributed by atoms with Gasteiger partial charge in [0.1, 0.15) is 5.69 Å². The molecular weight excluding hydrogens is 347 g/mol. The number of carbonyl (C=O) groups is 1. The lowest BCUT2D eigenvalue weighted by molar-refractivity contribution is 0.102. The molecule has 1 amide bonds. The number of nitrogens with zero attached hydrogens (tertiary/aromatic N) is 2. The van der Waals surface area contributed by atoms with Crippen LogP contribution in [0.5, 0.6) is 0 Å². The van der Waals surface area contributed by atoms with Gasteiger partial charge in [0.15, 0.2) is 0 Å². The second kappa shape index (κ2) is 7.29. The molecule has 0 saturated heterocycles. The third kappa shape index (κ3) is 4.01. The highest BCUT2D eigenvalue weighted by Crippen LogP contribution is 2.27. The minimum Gasteiger partial charge on any atom is -0.323 e. The first-order chi connectivity index (χ1) is 11.6. The van der Waals surface area contributed by atoms with E-state index in [4.69, 9.17) is 23.2 Å². The van der Waals surface area contributed by atoms with Crippen LogP contribution in [0.25, 0.3) is 0 Å². The van der Waals surface area contributed by atoms with Crippen LogP contribution in [0.2, 0.25) is 10.0 Å². The minimum absolute atomic E-state index is 0.231. The normalized spacial score (nSPS) is 10.2. The number of amides is 1. The van der Waals surface area contributed by atoms with Crippen LogP contribution in [0.3, 0.4) is 0 Å². The molecular formula is C17H12Cl2N4O. The standard InChI is InChI=1S/C17H12Cl2N4O/c18-11-6-7-13(19)15(10-11)23-17-20-9-8-14(22-17)16(24)21-12-4-2-1-3-5-12/h1-10H,(H,21,24)(H,20,22,23). The van der Waals surface area contributed by atoms with Gasteiger partial charge in [-0.25, -0.2) is 9.97 Å². The summed E-state index contributed by atoms with van der Waals surface area (Å²) < 4.78 is 0. The molecule has 5 nitrogen and oxygen atoms in total. The van der Waals surface area contributed by atoms with E-state index in [1.165, 1.54) is 12.3 Å². The van der Waals surface area contributed by atoms with Crippen molar-refractivity contribution in [1.29, 1.82) is 0 Å². The van der Waals surface area contributed by atoms with Crippen molar-refractivity contribution >= 4 is 46.4 Å². The fourth-order valence-corrected chi connectivity index (χ4v) is 2.31. The van der Waals surface area contributed by atoms with Gasteiger partial charge in [0.25, 0.3) is 5.91 Å². The zero-order valence-electron chi connectivity index (χ0n) is 12.3. The van der Waals surface area contributed by atoms with Crippen LogP contribution in [-0.4, -0.2) is 15.9 Å². The summed E-state index contributed by atoms with van der Waals surface area (Å²) in [5, 5.41) is 6.72. The van der Waals surface area contributed by atoms with E-state index >= 15 is 0 Å². The second-order valence-electron chi connectivity index (χ2n) is 4.83. The first-order valence-corrected chi connectivity index (χ1v) is 7.79. The first kappa shape index (κ1) is 16.2. The van der Waals surface area contributed by atoms with Gasteiger partial charge < -0.3 is 10.6 Å². The topological polar surface area (TPSA) is 66.9 Å². The highest BCUT2D eigenvalue weighted by Gasteiger charge is 2.10. The van der Waals surface area contributed by atoms with Gasteiger partial charge in [0.05, 0.1) is 10.7 Å². The molecule has 7 heteroatoms. The van der Waals surface area contributed by atoms with Crippen LogP contribution in [-0.2, 0) is 0 Å². The smallest absolute Gasteiger partial charge is 0.274 e. The Kier molecular flexibility index (Phi) is 4.93. The lowest BCUT2D eigenvalue weighted by atomic mass is 10.3. The Morgan fingerprint density at radius 3 is 2.58 bits per heavy atom. The summed E-state index contributed by atoms with van der Waals surface area (Å²) in [6.45, 7) is 0. The molecule has 0 aliphatic carbocycles. The lowest BCUT2D eigenvalue weighted by Gasteiger charge is -2.09. The quantitative estimate of drug-likeness (QED) is 0.704. The van der Waals surface area contributed by atoms with Gasteiger partial charge in [-0.05, 0) is 36.4 Å². The van der Waals surface area contributed by atoms with Crippen molar-refractivity contribution in [2.75, 3.05) is 10.6 Å². The summed E-state index contributed by atoms with van der Waals surface area (Å²) in [4.78, 5) is 20.6. The van der Waals surface area contributed by atoms with Gasteiger partial charge in [-0.15, -0.1) is 0 Å². The second-order valence-corrected chi connectivity index (χ2v) is 5.68. The monoisotopic (exact) mass is 358 g/mol. The number of halogens is 2. The van der Waals surface area contributed by atoms with Gasteiger partial charge in [0, 0.05) is 16.9 Å². The predicted octanol–water partition coefficient (Wildman–Crippen LogP) is 4.78. The average Bonchev–Trinajstić information content (AvgIpc) is 2.59. The number of nitrogens with one attached hydrogen (secondary N) is 2. The molecule has 0 atom stereocenters. The third-order valence-electron chi connectivity index (χ3n) is 3.09. The fourth-order valence-electron chi connectivity index (χ4n) is 1.98. The molecule has 0 aliphatic rings. The number of hydrogen-bond donors (Lipinski definition) is 2. The summed E-state index contributed by atoms with van der Waals surface area (Å²) in [5.41, 5.74) is 1.48. The molecule has 0 aliphatic heterocycles. The van der Waals surface area contributed by atoms with Crippen LogP contribution in [0.15, 0.2) is 60.8 Å². The molecule has 0 saturated carbocycles. The van der Waals surface area contributed by atoms with E-state index < -0.39 is 0 Å². The van der Waals surface area contributed by atoms with Gasteiger partial charge in [-0.1, -0.05) is 41.4 Å². The van der Waals surface area contributed by atoms with Gasteiger partial charge in [0.2, 0.25) is 5.95 Å². The van der Waals surface area contributed by atoms with E-state index in [1.807, 2.05) is 18.2 Å². The molecule has 0 fully saturated rings. The number of aromatic nitrogens is 2. The largest absolute Gasteiger partial charge is 0.323 e. The highest BCUT2D eigenvalue weighted by atomic mass is 35.5. The summed E-state index contributed by atoms with van der Waals surface area (Å²) in [6, 6.07) is 15.7. The minimum atomic E-state index is -0.330. The van der Waals surface area contributed by atoms with Crippen molar-refractivity contribution in [3.05, 3.63) is 76.5 Å². The Morgan fingerprint density at radius 1 is 1.00 bits per heavy atom. The predicted molar refractivity (Wildman–Crippen MR) is 96.2 cm³/mol. The summed E-state index contributed by atoms with van der Waals surface area (Å²) in [7, 11) is 0. The Hall–Kier alpha value is -2.63. The van der Waals surface area contributed by atoms with E-state index in [-0.39, 0.29) is 17.5 Å². The van der Waals surface area contributed by atoms with Crippen molar-refractivity contribution in [2.24, 2.45) is 0 Å². The summed E-state index contributed by atoms with van der Waals surface area (Å²) in [5.74, 6) is -0.0799. The van der Waals surface area contributed by atoms with E-state index in [0.29, 0.717) is 21.4 Å². The van der Waals surface area contributed by atoms with E-state index in [2.05, 4.69) is 20.6 Å². The third-order valence-corrected chi connectivity index (χ3v) is 3.66. The maximum atomic E-state index is 12.3. The van der Waals surface area contributed by atoms with Crippen molar-refractivity contribution in [1.82, 2.24) is 9.97 Å². The first-order valence-electron chi connectivity index (χ1n) is 7.03. The fraction of sp³-hybridized carbons (Fsp3) is 0. The molecule has 0 unspecified atom stereocenters. The number of anilines is 3. The van der Waals surface area contributed by atoms with Crippen molar-refractivity contribution in [3.8, 4) is 0 Å². The number of rotatable bonds is 4. The summed E-state index contributed by atoms with van der Waals surface area (Å²) >= 11 is 12.1. The highest BCUT2D eigenvalue weighted by molar-refractivity contribution is 6.35. The molecule has 2 aromatic carbocycles. The van der Waals surface area contributed by atoms with Gasteiger partial charge in [-0.3, -0.25) is 4.79 Å². The molecule has 1 aromatic heterocycles. The number of hydrogen-bond acceptors (Lipinski definition) is 4. The maximum absolute atomic E-state index is 12.3. The van der Waals surface area contributed by atoms with Crippen LogP contribution in [0.4, 0.5) is 17.3 Å². The molecule has 3 rings (SSSR count). The Labute approximate surface area is 148 Å². The Balaban J connectivity index is 1.79. The zero-order valence-corrected chi connectivity index (χ0v) is 13.8. The number of benzene rings is 2. The lowest BCUT2D eigenvalue weighted by Crippen LogP contribution is -2.14. The molecule has 3 aromatic rings. The molecule has 0 radical (unpaired) electrons. The molecule has 120 valence electrons. The zero-order chi connectivity index (χ0) is 16.9. The van der Waals surface area contributed by atoms with Crippen molar-refractivity contribution < 1.29 is 4.79 Å². The van der Waals surface area contributed by atoms with Crippen molar-refractivity contribution in [3.63, 3.8) is 0 Å². The molecule has 0 spiro atoms. The summed E-state index contributed by atoms with van der Waals surface area (Å²) in [6.07, 6.45) is 1.49. The van der Waals surface area contributed by atoms with Crippen molar-refractivity contribution in [2.45, 2.75) is 0 Å². The van der Waals surface area contributed by atoms with Crippen LogP contribution in [0, 0.1) is 0 Å². The number of carbonyl (C=O) groups excluding carboxylic acids is 1. The van der Waals surface area contributed by atoms with Crippen LogP contribution >= 0.6 is 23.2 Å².